The van der Waals surface area contributed by atoms with Gasteiger partial charge >= 0.3 is 0 Å². The van der Waals surface area contributed by atoms with Gasteiger partial charge in [-0.25, -0.2) is 0 Å². The molecule has 3 heterocycles. The molecule has 0 unspecified atom stereocenters. The molecule has 0 aliphatic rings. The van der Waals surface area contributed by atoms with Crippen LogP contribution < -0.4 is 4.90 Å². The fourth-order valence-electron chi connectivity index (χ4n) is 4.32. The summed E-state index contributed by atoms with van der Waals surface area (Å²) >= 11 is 1.83. The van der Waals surface area contributed by atoms with Crippen LogP contribution in [0.25, 0.3) is 35.7 Å². The van der Waals surface area contributed by atoms with Crippen LogP contribution in [-0.2, 0) is 11.0 Å². The molecule has 0 spiro atoms. The molecule has 0 amide bonds. The summed E-state index contributed by atoms with van der Waals surface area (Å²) in [6.07, 6.45) is 13.0. The van der Waals surface area contributed by atoms with Gasteiger partial charge in [-0.2, -0.15) is 10.2 Å². The maximum atomic E-state index is 6.35. The lowest BCUT2D eigenvalue weighted by molar-refractivity contribution is 0.276. The van der Waals surface area contributed by atoms with Crippen LogP contribution in [0.5, 0.6) is 0 Å². The molecule has 0 saturated carbocycles. The predicted octanol–water partition coefficient (Wildman–Crippen LogP) is 10.3. The van der Waals surface area contributed by atoms with Crippen LogP contribution in [-0.4, -0.2) is 41.8 Å². The monoisotopic (exact) mass is 639 g/mol. The molecule has 0 radical (unpaired) electrons. The van der Waals surface area contributed by atoms with Gasteiger partial charge in [0.2, 0.25) is 0 Å². The highest BCUT2D eigenvalue weighted by atomic mass is 32.1. The molecule has 1 aromatic carbocycles. The smallest absolute Gasteiger partial charge is 0.192 e. The molecule has 8 heteroatoms. The summed E-state index contributed by atoms with van der Waals surface area (Å²) in [5.74, 6) is 0. The van der Waals surface area contributed by atoms with Gasteiger partial charge in [0.05, 0.1) is 23.0 Å². The number of hydrogen-bond donors (Lipinski definition) is 0. The normalized spacial score (nSPS) is 12.4. The number of aromatic nitrogens is 4. The number of rotatable bonds is 15. The fourth-order valence-corrected chi connectivity index (χ4v) is 6.24. The Kier molecular flexibility index (Phi) is 12.4. The van der Waals surface area contributed by atoms with Crippen molar-refractivity contribution in [1.82, 2.24) is 20.4 Å². The number of unbranched alkanes of at least 4 members (excludes halogenated alkanes) is 2. The minimum Gasteiger partial charge on any atom is -0.413 e. The van der Waals surface area contributed by atoms with Crippen molar-refractivity contribution in [2.24, 2.45) is 0 Å². The van der Waals surface area contributed by atoms with Gasteiger partial charge in [0.15, 0.2) is 8.32 Å². The second-order valence-corrected chi connectivity index (χ2v) is 18.9. The Morgan fingerprint density at radius 1 is 0.711 bits per heavy atom. The van der Waals surface area contributed by atoms with Crippen LogP contribution in [0.2, 0.25) is 18.1 Å². The summed E-state index contributed by atoms with van der Waals surface area (Å²) in [7, 11) is -1.76. The molecule has 45 heavy (non-hydrogen) atoms. The van der Waals surface area contributed by atoms with Gasteiger partial charge < -0.3 is 9.33 Å². The van der Waals surface area contributed by atoms with Crippen LogP contribution in [0.3, 0.4) is 0 Å². The zero-order valence-electron chi connectivity index (χ0n) is 28.1. The lowest BCUT2D eigenvalue weighted by Crippen LogP contribution is -2.40. The van der Waals surface area contributed by atoms with Crippen molar-refractivity contribution in [2.75, 3.05) is 18.0 Å². The van der Waals surface area contributed by atoms with Crippen LogP contribution >= 0.6 is 11.3 Å². The summed E-state index contributed by atoms with van der Waals surface area (Å²) in [5, 5.41) is 19.1. The SMILES string of the molecule is CCCCN(CCCC)c1ccc(C=Cc2ccc(-c3ccc(C=Cc4ccc(CO[Si](C)(C)C(C)(C)C)cc4)nn3)nn2)s1. The van der Waals surface area contributed by atoms with Gasteiger partial charge in [0.25, 0.3) is 0 Å². The summed E-state index contributed by atoms with van der Waals surface area (Å²) in [5.41, 5.74) is 5.30. The van der Waals surface area contributed by atoms with Gasteiger partial charge in [-0.1, -0.05) is 77.8 Å². The molecule has 6 nitrogen and oxygen atoms in total. The molecular formula is C37H49N5OSSi. The summed E-state index contributed by atoms with van der Waals surface area (Å²) in [6.45, 7) is 18.8. The highest BCUT2D eigenvalue weighted by molar-refractivity contribution is 7.17. The highest BCUT2D eigenvalue weighted by Gasteiger charge is 2.37. The lowest BCUT2D eigenvalue weighted by atomic mass is 10.1. The first-order valence-corrected chi connectivity index (χ1v) is 19.9. The third kappa shape index (κ3) is 10.3. The molecule has 3 aromatic heterocycles. The Morgan fingerprint density at radius 2 is 1.29 bits per heavy atom. The maximum Gasteiger partial charge on any atom is 0.192 e. The maximum absolute atomic E-state index is 6.35. The first-order valence-electron chi connectivity index (χ1n) is 16.2. The van der Waals surface area contributed by atoms with Crippen molar-refractivity contribution >= 4 is 49.0 Å². The summed E-state index contributed by atoms with van der Waals surface area (Å²) in [6, 6.07) is 20.7. The lowest BCUT2D eigenvalue weighted by Gasteiger charge is -2.36. The van der Waals surface area contributed by atoms with Crippen LogP contribution in [0.1, 0.15) is 87.7 Å². The van der Waals surface area contributed by atoms with E-state index in [0.29, 0.717) is 18.0 Å². The third-order valence-electron chi connectivity index (χ3n) is 8.37. The quantitative estimate of drug-likeness (QED) is 0.121. The van der Waals surface area contributed by atoms with Gasteiger partial charge in [-0.3, -0.25) is 0 Å². The van der Waals surface area contributed by atoms with Crippen molar-refractivity contribution in [2.45, 2.75) is 85.0 Å². The van der Waals surface area contributed by atoms with E-state index >= 15 is 0 Å². The molecule has 0 aliphatic heterocycles. The van der Waals surface area contributed by atoms with Gasteiger partial charge in [-0.05, 0) is 96.7 Å². The fraction of sp³-hybridized carbons (Fsp3) is 0.405. The largest absolute Gasteiger partial charge is 0.413 e. The first kappa shape index (κ1) is 34.4. The Labute approximate surface area is 275 Å². The zero-order valence-corrected chi connectivity index (χ0v) is 29.9. The van der Waals surface area contributed by atoms with E-state index < -0.39 is 8.32 Å². The van der Waals surface area contributed by atoms with Gasteiger partial charge in [0.1, 0.15) is 11.4 Å². The molecule has 0 N–H and O–H groups in total. The van der Waals surface area contributed by atoms with Crippen molar-refractivity contribution in [3.63, 3.8) is 0 Å². The highest BCUT2D eigenvalue weighted by Crippen LogP contribution is 2.37. The minimum absolute atomic E-state index is 0.207. The average molecular weight is 640 g/mol. The molecule has 0 bridgehead atoms. The molecule has 0 fully saturated rings. The van der Waals surface area contributed by atoms with E-state index in [1.807, 2.05) is 53.8 Å². The molecule has 4 aromatic rings. The third-order valence-corrected chi connectivity index (χ3v) is 14.0. The summed E-state index contributed by atoms with van der Waals surface area (Å²) < 4.78 is 6.35. The molecule has 4 rings (SSSR count). The van der Waals surface area contributed by atoms with Gasteiger partial charge in [0, 0.05) is 18.0 Å². The first-order chi connectivity index (χ1) is 21.6. The molecule has 0 saturated heterocycles. The van der Waals surface area contributed by atoms with Gasteiger partial charge in [-0.15, -0.1) is 21.5 Å². The van der Waals surface area contributed by atoms with E-state index in [1.165, 1.54) is 41.1 Å². The average Bonchev–Trinajstić information content (AvgIpc) is 3.51. The molecule has 0 aliphatic carbocycles. The van der Waals surface area contributed by atoms with E-state index in [9.17, 15) is 0 Å². The van der Waals surface area contributed by atoms with E-state index in [2.05, 4.69) is 115 Å². The van der Waals surface area contributed by atoms with Crippen molar-refractivity contribution < 1.29 is 4.43 Å². The second kappa shape index (κ2) is 16.2. The number of hydrogen-bond acceptors (Lipinski definition) is 7. The number of thiophene rings is 1. The number of nitrogens with zero attached hydrogens (tertiary/aromatic N) is 5. The molecular weight excluding hydrogens is 591 g/mol. The van der Waals surface area contributed by atoms with Crippen LogP contribution in [0, 0.1) is 0 Å². The Hall–Kier alpha value is -3.46. The van der Waals surface area contributed by atoms with Crippen molar-refractivity contribution in [1.29, 1.82) is 0 Å². The molecule has 0 atom stereocenters. The van der Waals surface area contributed by atoms with E-state index in [-0.39, 0.29) is 5.04 Å². The van der Waals surface area contributed by atoms with Crippen molar-refractivity contribution in [3.05, 3.63) is 88.1 Å². The topological polar surface area (TPSA) is 64.0 Å². The molecule has 238 valence electrons. The van der Waals surface area contributed by atoms with Crippen LogP contribution in [0.4, 0.5) is 5.00 Å². The van der Waals surface area contributed by atoms with E-state index in [4.69, 9.17) is 4.43 Å². The Bertz CT molecular complexity index is 1510. The second-order valence-electron chi connectivity index (χ2n) is 13.0. The van der Waals surface area contributed by atoms with Crippen LogP contribution in [0.15, 0.2) is 60.7 Å². The number of anilines is 1. The van der Waals surface area contributed by atoms with Crippen molar-refractivity contribution in [3.8, 4) is 11.4 Å². The Morgan fingerprint density at radius 3 is 1.80 bits per heavy atom. The Balaban J connectivity index is 1.31. The standard InChI is InChI=1S/C37H49N5OSSi/c1-8-10-26-42(27-11-9-2)36-25-22-33(44-36)21-18-32-20-24-35(41-39-32)34-23-19-31(38-40-34)17-16-29-12-14-30(15-13-29)28-43-45(6,7)37(3,4)5/h12-25H,8-11,26-28H2,1-7H3. The summed E-state index contributed by atoms with van der Waals surface area (Å²) in [4.78, 5) is 3.74. The minimum atomic E-state index is -1.76. The zero-order chi connectivity index (χ0) is 32.3. The van der Waals surface area contributed by atoms with E-state index in [0.717, 1.165) is 30.0 Å². The van der Waals surface area contributed by atoms with E-state index in [1.54, 1.807) is 0 Å². The number of benzene rings is 1. The predicted molar refractivity (Wildman–Crippen MR) is 196 cm³/mol.